The number of benzene rings is 2. The summed E-state index contributed by atoms with van der Waals surface area (Å²) in [7, 11) is 0. The number of piperidine rings is 1. The molecule has 1 amide bonds. The average Bonchev–Trinajstić information content (AvgIpc) is 3.30. The fourth-order valence-electron chi connectivity index (χ4n) is 3.98. The van der Waals surface area contributed by atoms with Crippen molar-refractivity contribution in [2.45, 2.75) is 12.8 Å². The molecule has 11 heteroatoms. The first kappa shape index (κ1) is 23.4. The van der Waals surface area contributed by atoms with Gasteiger partial charge >= 0.3 is 5.97 Å². The van der Waals surface area contributed by atoms with E-state index in [0.29, 0.717) is 37.3 Å². The summed E-state index contributed by atoms with van der Waals surface area (Å²) >= 11 is 0. The van der Waals surface area contributed by atoms with E-state index >= 15 is 0 Å². The van der Waals surface area contributed by atoms with E-state index in [9.17, 15) is 25.0 Å². The average molecular weight is 474 g/mol. The topological polar surface area (TPSA) is 143 Å². The number of para-hydroxylation sites is 3. The lowest BCUT2D eigenvalue weighted by Crippen LogP contribution is -2.37. The van der Waals surface area contributed by atoms with Crippen molar-refractivity contribution >= 4 is 29.1 Å². The van der Waals surface area contributed by atoms with Gasteiger partial charge in [-0.05, 0) is 31.0 Å². The molecule has 11 nitrogen and oxygen atoms in total. The third-order valence-corrected chi connectivity index (χ3v) is 5.74. The fourth-order valence-corrected chi connectivity index (χ4v) is 3.98. The first-order valence-corrected chi connectivity index (χ1v) is 11.0. The number of aromatic nitrogens is 2. The van der Waals surface area contributed by atoms with Crippen molar-refractivity contribution in [3.05, 3.63) is 76.5 Å². The standard InChI is InChI=1S/C24H22N6O5/c25-14-18-15-26-29(19-6-2-1-3-7-19)23(18)27-22(31)16-35-24(32)17-10-12-28(13-11-17)20-8-4-5-9-21(20)30(33)34/h1-9,15,17H,10-13,16H2,(H,27,31). The van der Waals surface area contributed by atoms with Gasteiger partial charge in [0.15, 0.2) is 12.4 Å². The van der Waals surface area contributed by atoms with Crippen LogP contribution in [0.25, 0.3) is 5.69 Å². The Morgan fingerprint density at radius 1 is 1.14 bits per heavy atom. The number of hydrogen-bond donors (Lipinski definition) is 1. The van der Waals surface area contributed by atoms with Crippen LogP contribution in [0, 0.1) is 27.4 Å². The first-order valence-electron chi connectivity index (χ1n) is 11.0. The van der Waals surface area contributed by atoms with Crippen LogP contribution in [0.15, 0.2) is 60.8 Å². The molecule has 0 saturated carbocycles. The molecule has 0 atom stereocenters. The second-order valence-corrected chi connectivity index (χ2v) is 7.93. The maximum Gasteiger partial charge on any atom is 0.309 e. The molecule has 0 aliphatic carbocycles. The Labute approximate surface area is 200 Å². The number of carbonyl (C=O) groups excluding carboxylic acids is 2. The van der Waals surface area contributed by atoms with Gasteiger partial charge in [-0.15, -0.1) is 0 Å². The number of carbonyl (C=O) groups is 2. The van der Waals surface area contributed by atoms with Crippen molar-refractivity contribution < 1.29 is 19.2 Å². The molecule has 178 valence electrons. The minimum atomic E-state index is -0.593. The van der Waals surface area contributed by atoms with Crippen LogP contribution in [0.1, 0.15) is 18.4 Å². The third-order valence-electron chi connectivity index (χ3n) is 5.74. The predicted octanol–water partition coefficient (Wildman–Crippen LogP) is 3.05. The maximum atomic E-state index is 12.5. The van der Waals surface area contributed by atoms with Crippen LogP contribution in [-0.4, -0.2) is 46.3 Å². The summed E-state index contributed by atoms with van der Waals surface area (Å²) in [4.78, 5) is 37.8. The van der Waals surface area contributed by atoms with E-state index in [1.165, 1.54) is 16.9 Å². The molecule has 2 aromatic carbocycles. The van der Waals surface area contributed by atoms with Crippen LogP contribution < -0.4 is 10.2 Å². The van der Waals surface area contributed by atoms with Crippen LogP contribution in [0.4, 0.5) is 17.2 Å². The summed E-state index contributed by atoms with van der Waals surface area (Å²) < 4.78 is 6.65. The zero-order chi connectivity index (χ0) is 24.8. The van der Waals surface area contributed by atoms with Gasteiger partial charge in [0.05, 0.1) is 22.7 Å². The molecule has 0 bridgehead atoms. The van der Waals surface area contributed by atoms with Crippen molar-refractivity contribution in [2.75, 3.05) is 29.9 Å². The van der Waals surface area contributed by atoms with E-state index in [2.05, 4.69) is 10.4 Å². The van der Waals surface area contributed by atoms with E-state index < -0.39 is 29.3 Å². The molecule has 0 spiro atoms. The number of esters is 1. The lowest BCUT2D eigenvalue weighted by atomic mass is 9.96. The van der Waals surface area contributed by atoms with Crippen LogP contribution in [0.3, 0.4) is 0 Å². The third kappa shape index (κ3) is 5.27. The number of nitrogens with one attached hydrogen (secondary N) is 1. The number of ether oxygens (including phenoxy) is 1. The van der Waals surface area contributed by atoms with Crippen LogP contribution >= 0.6 is 0 Å². The lowest BCUT2D eigenvalue weighted by Gasteiger charge is -2.32. The van der Waals surface area contributed by atoms with Crippen molar-refractivity contribution in [3.8, 4) is 11.8 Å². The second-order valence-electron chi connectivity index (χ2n) is 7.93. The minimum Gasteiger partial charge on any atom is -0.455 e. The van der Waals surface area contributed by atoms with Gasteiger partial charge < -0.3 is 15.0 Å². The number of anilines is 2. The summed E-state index contributed by atoms with van der Waals surface area (Å²) in [6.07, 6.45) is 2.25. The Bertz CT molecular complexity index is 1280. The molecular weight excluding hydrogens is 452 g/mol. The Morgan fingerprint density at radius 3 is 2.51 bits per heavy atom. The highest BCUT2D eigenvalue weighted by atomic mass is 16.6. The van der Waals surface area contributed by atoms with Gasteiger partial charge in [0, 0.05) is 19.2 Å². The number of amides is 1. The Hall–Kier alpha value is -4.72. The summed E-state index contributed by atoms with van der Waals surface area (Å²) in [6.45, 7) is 0.408. The van der Waals surface area contributed by atoms with Crippen molar-refractivity contribution in [3.63, 3.8) is 0 Å². The largest absolute Gasteiger partial charge is 0.455 e. The molecule has 0 unspecified atom stereocenters. The van der Waals surface area contributed by atoms with Crippen LogP contribution in [0.2, 0.25) is 0 Å². The Morgan fingerprint density at radius 2 is 1.83 bits per heavy atom. The van der Waals surface area contributed by atoms with E-state index in [0.717, 1.165) is 0 Å². The lowest BCUT2D eigenvalue weighted by molar-refractivity contribution is -0.384. The summed E-state index contributed by atoms with van der Waals surface area (Å²) in [5, 5.41) is 27.4. The zero-order valence-corrected chi connectivity index (χ0v) is 18.7. The zero-order valence-electron chi connectivity index (χ0n) is 18.7. The monoisotopic (exact) mass is 474 g/mol. The summed E-state index contributed by atoms with van der Waals surface area (Å²) in [5.41, 5.74) is 1.38. The molecule has 3 aromatic rings. The quantitative estimate of drug-likeness (QED) is 0.313. The van der Waals surface area contributed by atoms with E-state index in [1.54, 1.807) is 42.5 Å². The number of nitro benzene ring substituents is 1. The van der Waals surface area contributed by atoms with Crippen LogP contribution in [0.5, 0.6) is 0 Å². The van der Waals surface area contributed by atoms with Gasteiger partial charge in [-0.3, -0.25) is 19.7 Å². The number of nitro groups is 1. The smallest absolute Gasteiger partial charge is 0.309 e. The number of rotatable bonds is 7. The van der Waals surface area contributed by atoms with E-state index in [4.69, 9.17) is 4.74 Å². The Balaban J connectivity index is 1.32. The fraction of sp³-hybridized carbons (Fsp3) is 0.250. The number of nitriles is 1. The predicted molar refractivity (Wildman–Crippen MR) is 126 cm³/mol. The normalized spacial score (nSPS) is 13.6. The number of nitrogens with zero attached hydrogens (tertiary/aromatic N) is 5. The highest BCUT2D eigenvalue weighted by Crippen LogP contribution is 2.31. The molecule has 35 heavy (non-hydrogen) atoms. The van der Waals surface area contributed by atoms with Crippen molar-refractivity contribution in [1.29, 1.82) is 5.26 Å². The van der Waals surface area contributed by atoms with Crippen molar-refractivity contribution in [1.82, 2.24) is 9.78 Å². The molecule has 1 aromatic heterocycles. The molecule has 2 heterocycles. The maximum absolute atomic E-state index is 12.5. The molecule has 1 saturated heterocycles. The second kappa shape index (κ2) is 10.5. The van der Waals surface area contributed by atoms with Gasteiger partial charge in [-0.25, -0.2) is 4.68 Å². The summed E-state index contributed by atoms with van der Waals surface area (Å²) in [6, 6.07) is 17.5. The van der Waals surface area contributed by atoms with Gasteiger partial charge in [0.2, 0.25) is 0 Å². The van der Waals surface area contributed by atoms with Gasteiger partial charge in [-0.2, -0.15) is 10.4 Å². The summed E-state index contributed by atoms with van der Waals surface area (Å²) in [5.74, 6) is -1.31. The minimum absolute atomic E-state index is 0.0247. The molecule has 0 radical (unpaired) electrons. The molecule has 4 rings (SSSR count). The molecule has 1 aliphatic rings. The van der Waals surface area contributed by atoms with Gasteiger partial charge in [-0.1, -0.05) is 30.3 Å². The van der Waals surface area contributed by atoms with E-state index in [-0.39, 0.29) is 17.1 Å². The SMILES string of the molecule is N#Cc1cnn(-c2ccccc2)c1NC(=O)COC(=O)C1CCN(c2ccccc2[N+](=O)[O-])CC1. The Kier molecular flexibility index (Phi) is 7.02. The highest BCUT2D eigenvalue weighted by molar-refractivity contribution is 5.93. The van der Waals surface area contributed by atoms with Gasteiger partial charge in [0.1, 0.15) is 17.3 Å². The highest BCUT2D eigenvalue weighted by Gasteiger charge is 2.29. The van der Waals surface area contributed by atoms with E-state index in [1.807, 2.05) is 17.0 Å². The van der Waals surface area contributed by atoms with Crippen molar-refractivity contribution in [2.24, 2.45) is 5.92 Å². The van der Waals surface area contributed by atoms with Crippen LogP contribution in [-0.2, 0) is 14.3 Å². The molecule has 1 aliphatic heterocycles. The molecule has 1 N–H and O–H groups in total. The molecular formula is C24H22N6O5. The molecule has 1 fully saturated rings. The van der Waals surface area contributed by atoms with Gasteiger partial charge in [0.25, 0.3) is 11.6 Å². The number of hydrogen-bond acceptors (Lipinski definition) is 8. The first-order chi connectivity index (χ1) is 17.0.